The number of nitrogens with one attached hydrogen (secondary N) is 1. The van der Waals surface area contributed by atoms with Crippen molar-refractivity contribution in [3.8, 4) is 0 Å². The van der Waals surface area contributed by atoms with Crippen LogP contribution < -0.4 is 4.72 Å². The van der Waals surface area contributed by atoms with E-state index in [2.05, 4.69) is 36.6 Å². The molecule has 0 spiro atoms. The van der Waals surface area contributed by atoms with Crippen LogP contribution in [0, 0.1) is 0 Å². The molecule has 0 fully saturated rings. The number of benzene rings is 1. The largest absolute Gasteiger partial charge is 0.241 e. The van der Waals surface area contributed by atoms with Crippen molar-refractivity contribution in [3.05, 3.63) is 29.3 Å². The van der Waals surface area contributed by atoms with Crippen molar-refractivity contribution >= 4 is 53.5 Å². The first-order valence-corrected chi connectivity index (χ1v) is 8.85. The van der Waals surface area contributed by atoms with Gasteiger partial charge in [0.05, 0.1) is 4.90 Å². The highest BCUT2D eigenvalue weighted by molar-refractivity contribution is 9.09. The predicted octanol–water partition coefficient (Wildman–Crippen LogP) is 3.17. The predicted molar refractivity (Wildman–Crippen MR) is 77.8 cm³/mol. The normalized spacial score (nSPS) is 12.7. The van der Waals surface area contributed by atoms with Gasteiger partial charge in [0, 0.05) is 21.2 Å². The van der Waals surface area contributed by atoms with E-state index in [1.165, 1.54) is 12.1 Å². The van der Waals surface area contributed by atoms with Crippen molar-refractivity contribution in [2.75, 3.05) is 10.7 Å². The molecule has 0 atom stereocenters. The van der Waals surface area contributed by atoms with Crippen LogP contribution in [0.25, 0.3) is 0 Å². The van der Waals surface area contributed by atoms with Gasteiger partial charge in [0.15, 0.2) is 0 Å². The van der Waals surface area contributed by atoms with Crippen LogP contribution in [0.5, 0.6) is 0 Å². The molecule has 1 N–H and O–H groups in total. The van der Waals surface area contributed by atoms with Crippen LogP contribution in [-0.4, -0.2) is 24.6 Å². The average Bonchev–Trinajstić information content (AvgIpc) is 2.28. The van der Waals surface area contributed by atoms with Gasteiger partial charge in [-0.05, 0) is 25.1 Å². The third-order valence-corrected chi connectivity index (χ3v) is 6.42. The van der Waals surface area contributed by atoms with E-state index in [0.29, 0.717) is 15.7 Å². The van der Waals surface area contributed by atoms with Crippen molar-refractivity contribution in [2.45, 2.75) is 17.4 Å². The number of hydrogen-bond acceptors (Lipinski definition) is 2. The van der Waals surface area contributed by atoms with Gasteiger partial charge in [0.2, 0.25) is 10.0 Å². The number of rotatable bonds is 5. The lowest BCUT2D eigenvalue weighted by molar-refractivity contribution is 0.509. The smallest absolute Gasteiger partial charge is 0.207 e. The molecule has 1 aromatic carbocycles. The van der Waals surface area contributed by atoms with Crippen molar-refractivity contribution in [1.82, 2.24) is 4.72 Å². The van der Waals surface area contributed by atoms with E-state index in [1.54, 1.807) is 19.1 Å². The van der Waals surface area contributed by atoms with Crippen LogP contribution in [0.2, 0.25) is 5.02 Å². The number of halogens is 3. The third-order valence-electron chi connectivity index (χ3n) is 2.08. The summed E-state index contributed by atoms with van der Waals surface area (Å²) in [5.41, 5.74) is -0.582. The van der Waals surface area contributed by atoms with Gasteiger partial charge in [-0.1, -0.05) is 49.5 Å². The van der Waals surface area contributed by atoms with Gasteiger partial charge in [-0.25, -0.2) is 13.1 Å². The molecule has 96 valence electrons. The monoisotopic (exact) mass is 403 g/mol. The van der Waals surface area contributed by atoms with Gasteiger partial charge in [-0.3, -0.25) is 0 Å². The average molecular weight is 406 g/mol. The molecule has 3 nitrogen and oxygen atoms in total. The van der Waals surface area contributed by atoms with Gasteiger partial charge in [-0.15, -0.1) is 0 Å². The molecule has 1 aromatic rings. The molecule has 0 saturated carbocycles. The Hall–Kier alpha value is 0.380. The van der Waals surface area contributed by atoms with Crippen molar-refractivity contribution in [3.63, 3.8) is 0 Å². The second kappa shape index (κ2) is 6.02. The molecule has 0 radical (unpaired) electrons. The van der Waals surface area contributed by atoms with Crippen molar-refractivity contribution in [2.24, 2.45) is 0 Å². The second-order valence-electron chi connectivity index (χ2n) is 3.89. The molecule has 0 aliphatic rings. The van der Waals surface area contributed by atoms with Crippen LogP contribution in [-0.2, 0) is 10.0 Å². The van der Waals surface area contributed by atoms with E-state index in [4.69, 9.17) is 11.6 Å². The summed E-state index contributed by atoms with van der Waals surface area (Å²) in [6, 6.07) is 6.18. The second-order valence-corrected chi connectivity index (χ2v) is 7.13. The van der Waals surface area contributed by atoms with Crippen LogP contribution >= 0.6 is 43.5 Å². The Balaban J connectivity index is 3.05. The van der Waals surface area contributed by atoms with Crippen LogP contribution in [0.15, 0.2) is 29.2 Å². The lowest BCUT2D eigenvalue weighted by Gasteiger charge is -2.26. The fourth-order valence-corrected chi connectivity index (χ4v) is 4.39. The number of hydrogen-bond donors (Lipinski definition) is 1. The highest BCUT2D eigenvalue weighted by Crippen LogP contribution is 2.19. The highest BCUT2D eigenvalue weighted by Gasteiger charge is 2.28. The molecule has 0 heterocycles. The molecular weight excluding hydrogens is 393 g/mol. The topological polar surface area (TPSA) is 46.2 Å². The lowest BCUT2D eigenvalue weighted by atomic mass is 10.1. The minimum atomic E-state index is -3.56. The van der Waals surface area contributed by atoms with Gasteiger partial charge in [0.25, 0.3) is 0 Å². The van der Waals surface area contributed by atoms with E-state index >= 15 is 0 Å². The summed E-state index contributed by atoms with van der Waals surface area (Å²) in [5.74, 6) is 0. The van der Waals surface area contributed by atoms with E-state index in [1.807, 2.05) is 0 Å². The van der Waals surface area contributed by atoms with Crippen LogP contribution in [0.4, 0.5) is 0 Å². The number of alkyl halides is 2. The molecule has 0 amide bonds. The summed E-state index contributed by atoms with van der Waals surface area (Å²) in [7, 11) is -3.56. The first-order valence-electron chi connectivity index (χ1n) is 4.74. The summed E-state index contributed by atoms with van der Waals surface area (Å²) in [6.07, 6.45) is 0. The van der Waals surface area contributed by atoms with Crippen molar-refractivity contribution in [1.29, 1.82) is 0 Å². The Labute approximate surface area is 123 Å². The molecule has 7 heteroatoms. The quantitative estimate of drug-likeness (QED) is 0.765. The SMILES string of the molecule is CC(CBr)(CBr)NS(=O)(=O)c1cccc(Cl)c1. The van der Waals surface area contributed by atoms with Gasteiger partial charge in [0.1, 0.15) is 0 Å². The molecule has 17 heavy (non-hydrogen) atoms. The van der Waals surface area contributed by atoms with E-state index in [0.717, 1.165) is 0 Å². The first-order chi connectivity index (χ1) is 7.83. The minimum Gasteiger partial charge on any atom is -0.207 e. The van der Waals surface area contributed by atoms with Gasteiger partial charge in [-0.2, -0.15) is 0 Å². The van der Waals surface area contributed by atoms with Gasteiger partial charge < -0.3 is 0 Å². The fraction of sp³-hybridized carbons (Fsp3) is 0.400. The molecular formula is C10H12Br2ClNO2S. The summed E-state index contributed by atoms with van der Waals surface area (Å²) < 4.78 is 26.8. The van der Waals surface area contributed by atoms with Crippen LogP contribution in [0.3, 0.4) is 0 Å². The van der Waals surface area contributed by atoms with E-state index < -0.39 is 15.6 Å². The summed E-state index contributed by atoms with van der Waals surface area (Å²) in [4.78, 5) is 0.165. The Kier molecular flexibility index (Phi) is 5.46. The molecule has 0 unspecified atom stereocenters. The maximum atomic E-state index is 12.1. The lowest BCUT2D eigenvalue weighted by Crippen LogP contribution is -2.48. The Morgan fingerprint density at radius 3 is 2.41 bits per heavy atom. The van der Waals surface area contributed by atoms with E-state index in [-0.39, 0.29) is 4.90 Å². The summed E-state index contributed by atoms with van der Waals surface area (Å²) in [6.45, 7) is 1.80. The molecule has 0 aliphatic heterocycles. The Morgan fingerprint density at radius 1 is 1.35 bits per heavy atom. The molecule has 0 saturated heterocycles. The standard InChI is InChI=1S/C10H12Br2ClNO2S/c1-10(6-11,7-12)14-17(15,16)9-4-2-3-8(13)5-9/h2-5,14H,6-7H2,1H3. The number of sulfonamides is 1. The zero-order chi connectivity index (χ0) is 13.1. The first kappa shape index (κ1) is 15.4. The molecule has 1 rings (SSSR count). The third kappa shape index (κ3) is 4.21. The molecule has 0 aliphatic carbocycles. The van der Waals surface area contributed by atoms with Gasteiger partial charge >= 0.3 is 0 Å². The maximum Gasteiger partial charge on any atom is 0.241 e. The summed E-state index contributed by atoms with van der Waals surface area (Å²) >= 11 is 12.4. The zero-order valence-electron chi connectivity index (χ0n) is 9.08. The molecule has 0 bridgehead atoms. The van der Waals surface area contributed by atoms with Crippen LogP contribution in [0.1, 0.15) is 6.92 Å². The molecule has 0 aromatic heterocycles. The van der Waals surface area contributed by atoms with Crippen molar-refractivity contribution < 1.29 is 8.42 Å². The highest BCUT2D eigenvalue weighted by atomic mass is 79.9. The zero-order valence-corrected chi connectivity index (χ0v) is 13.8. The maximum absolute atomic E-state index is 12.1. The van der Waals surface area contributed by atoms with E-state index in [9.17, 15) is 8.42 Å². The summed E-state index contributed by atoms with van der Waals surface area (Å²) in [5, 5.41) is 1.41. The minimum absolute atomic E-state index is 0.165. The Morgan fingerprint density at radius 2 is 1.94 bits per heavy atom. The fourth-order valence-electron chi connectivity index (χ4n) is 1.11. The Bertz CT molecular complexity index is 489.